The molecule has 1 fully saturated rings. The fraction of sp³-hybridized carbons (Fsp3) is 0.750. The molecule has 6 heteroatoms. The zero-order valence-corrected chi connectivity index (χ0v) is 11.5. The summed E-state index contributed by atoms with van der Waals surface area (Å²) in [6.45, 7) is 3.90. The Kier molecular flexibility index (Phi) is 3.56. The quantitative estimate of drug-likeness (QED) is 0.922. The van der Waals surface area contributed by atoms with E-state index in [0.717, 1.165) is 28.9 Å². The molecule has 0 aliphatic heterocycles. The van der Waals surface area contributed by atoms with Gasteiger partial charge in [-0.3, -0.25) is 0 Å². The first kappa shape index (κ1) is 12.0. The molecule has 2 aromatic heterocycles. The summed E-state index contributed by atoms with van der Waals surface area (Å²) in [7, 11) is 0. The van der Waals surface area contributed by atoms with Crippen LogP contribution in [0.1, 0.15) is 55.8 Å². The van der Waals surface area contributed by atoms with Crippen molar-refractivity contribution in [2.75, 3.05) is 6.54 Å². The monoisotopic (exact) mass is 265 g/mol. The highest BCUT2D eigenvalue weighted by atomic mass is 32.1. The van der Waals surface area contributed by atoms with Gasteiger partial charge >= 0.3 is 0 Å². The van der Waals surface area contributed by atoms with E-state index in [1.165, 1.54) is 32.1 Å². The van der Waals surface area contributed by atoms with Gasteiger partial charge in [0.15, 0.2) is 5.82 Å². The van der Waals surface area contributed by atoms with E-state index in [1.54, 1.807) is 11.3 Å². The standard InChI is InChI=1S/C12H19N5S/c1-2-13-8-10-16-17-11(14-15-12(17)18-10)9-6-4-3-5-7-9/h9,13H,2-8H2,1H3. The highest BCUT2D eigenvalue weighted by Gasteiger charge is 2.22. The lowest BCUT2D eigenvalue weighted by atomic mass is 9.89. The lowest BCUT2D eigenvalue weighted by molar-refractivity contribution is 0.422. The van der Waals surface area contributed by atoms with Crippen LogP contribution in [0.2, 0.25) is 0 Å². The van der Waals surface area contributed by atoms with Gasteiger partial charge in [0.2, 0.25) is 4.96 Å². The lowest BCUT2D eigenvalue weighted by Gasteiger charge is -2.18. The Labute approximate surface area is 111 Å². The van der Waals surface area contributed by atoms with Crippen molar-refractivity contribution in [1.82, 2.24) is 25.1 Å². The second-order valence-corrected chi connectivity index (χ2v) is 5.90. The van der Waals surface area contributed by atoms with Gasteiger partial charge < -0.3 is 5.32 Å². The Balaban J connectivity index is 1.85. The van der Waals surface area contributed by atoms with Gasteiger partial charge in [-0.15, -0.1) is 10.2 Å². The molecule has 0 spiro atoms. The van der Waals surface area contributed by atoms with Crippen LogP contribution in [0.15, 0.2) is 0 Å². The molecule has 0 unspecified atom stereocenters. The molecule has 0 atom stereocenters. The van der Waals surface area contributed by atoms with Gasteiger partial charge in [0.1, 0.15) is 5.01 Å². The Morgan fingerprint density at radius 3 is 2.89 bits per heavy atom. The predicted octanol–water partition coefficient (Wildman–Crippen LogP) is 2.34. The average molecular weight is 265 g/mol. The zero-order chi connectivity index (χ0) is 12.4. The smallest absolute Gasteiger partial charge is 0.234 e. The minimum atomic E-state index is 0.558. The van der Waals surface area contributed by atoms with E-state index in [4.69, 9.17) is 0 Å². The molecular weight excluding hydrogens is 246 g/mol. The minimum absolute atomic E-state index is 0.558. The first-order valence-electron chi connectivity index (χ1n) is 6.80. The van der Waals surface area contributed by atoms with Crippen LogP contribution in [0.25, 0.3) is 4.96 Å². The number of hydrogen-bond acceptors (Lipinski definition) is 5. The van der Waals surface area contributed by atoms with Gasteiger partial charge in [0.05, 0.1) is 0 Å². The van der Waals surface area contributed by atoms with Gasteiger partial charge in [0, 0.05) is 12.5 Å². The van der Waals surface area contributed by atoms with Crippen molar-refractivity contribution in [2.24, 2.45) is 0 Å². The molecule has 98 valence electrons. The Hall–Kier alpha value is -1.01. The van der Waals surface area contributed by atoms with Crippen molar-refractivity contribution in [3.63, 3.8) is 0 Å². The van der Waals surface area contributed by atoms with Crippen molar-refractivity contribution < 1.29 is 0 Å². The van der Waals surface area contributed by atoms with Crippen molar-refractivity contribution in [3.8, 4) is 0 Å². The van der Waals surface area contributed by atoms with Gasteiger partial charge in [-0.05, 0) is 19.4 Å². The number of hydrogen-bond donors (Lipinski definition) is 1. The maximum Gasteiger partial charge on any atom is 0.234 e. The van der Waals surface area contributed by atoms with Crippen LogP contribution < -0.4 is 5.32 Å². The van der Waals surface area contributed by atoms with E-state index in [1.807, 2.05) is 4.52 Å². The van der Waals surface area contributed by atoms with Crippen molar-refractivity contribution in [3.05, 3.63) is 10.8 Å². The predicted molar refractivity (Wildman–Crippen MR) is 71.9 cm³/mol. The molecular formula is C12H19N5S. The summed E-state index contributed by atoms with van der Waals surface area (Å²) in [5.74, 6) is 1.63. The maximum atomic E-state index is 4.63. The van der Waals surface area contributed by atoms with E-state index in [0.29, 0.717) is 5.92 Å². The highest BCUT2D eigenvalue weighted by molar-refractivity contribution is 7.16. The largest absolute Gasteiger partial charge is 0.311 e. The third kappa shape index (κ3) is 2.27. The molecule has 1 aliphatic rings. The molecule has 0 amide bonds. The van der Waals surface area contributed by atoms with Crippen LogP contribution in [0.3, 0.4) is 0 Å². The molecule has 0 saturated heterocycles. The summed E-state index contributed by atoms with van der Waals surface area (Å²) >= 11 is 1.64. The molecule has 1 aliphatic carbocycles. The van der Waals surface area contributed by atoms with Crippen LogP contribution in [-0.2, 0) is 6.54 Å². The van der Waals surface area contributed by atoms with E-state index in [9.17, 15) is 0 Å². The maximum absolute atomic E-state index is 4.63. The van der Waals surface area contributed by atoms with Gasteiger partial charge in [-0.25, -0.2) is 0 Å². The van der Waals surface area contributed by atoms with Crippen LogP contribution in [0.4, 0.5) is 0 Å². The summed E-state index contributed by atoms with van der Waals surface area (Å²) in [6.07, 6.45) is 6.46. The molecule has 2 aromatic rings. The third-order valence-electron chi connectivity index (χ3n) is 3.55. The third-order valence-corrected chi connectivity index (χ3v) is 4.45. The molecule has 18 heavy (non-hydrogen) atoms. The number of rotatable bonds is 4. The van der Waals surface area contributed by atoms with Gasteiger partial charge in [-0.1, -0.05) is 37.5 Å². The van der Waals surface area contributed by atoms with Crippen LogP contribution in [0.5, 0.6) is 0 Å². The van der Waals surface area contributed by atoms with Crippen LogP contribution >= 0.6 is 11.3 Å². The van der Waals surface area contributed by atoms with E-state index < -0.39 is 0 Å². The summed E-state index contributed by atoms with van der Waals surface area (Å²) < 4.78 is 1.97. The second-order valence-electron chi connectivity index (χ2n) is 4.86. The summed E-state index contributed by atoms with van der Waals surface area (Å²) in [5, 5.41) is 17.6. The topological polar surface area (TPSA) is 55.1 Å². The number of nitrogens with zero attached hydrogens (tertiary/aromatic N) is 4. The Morgan fingerprint density at radius 1 is 1.28 bits per heavy atom. The first-order valence-corrected chi connectivity index (χ1v) is 7.62. The van der Waals surface area contributed by atoms with Gasteiger partial charge in [-0.2, -0.15) is 9.61 Å². The highest BCUT2D eigenvalue weighted by Crippen LogP contribution is 2.32. The molecule has 1 saturated carbocycles. The fourth-order valence-electron chi connectivity index (χ4n) is 2.59. The van der Waals surface area contributed by atoms with Crippen molar-refractivity contribution >= 4 is 16.3 Å². The van der Waals surface area contributed by atoms with Crippen molar-refractivity contribution in [2.45, 2.75) is 51.5 Å². The second kappa shape index (κ2) is 5.32. The summed E-state index contributed by atoms with van der Waals surface area (Å²) in [4.78, 5) is 0.934. The zero-order valence-electron chi connectivity index (χ0n) is 10.7. The van der Waals surface area contributed by atoms with Crippen LogP contribution in [0, 0.1) is 0 Å². The van der Waals surface area contributed by atoms with Crippen LogP contribution in [-0.4, -0.2) is 26.4 Å². The molecule has 5 nitrogen and oxygen atoms in total. The number of fused-ring (bicyclic) bond motifs is 1. The molecule has 2 heterocycles. The van der Waals surface area contributed by atoms with Gasteiger partial charge in [0.25, 0.3) is 0 Å². The van der Waals surface area contributed by atoms with E-state index in [-0.39, 0.29) is 0 Å². The number of aromatic nitrogens is 4. The molecule has 0 radical (unpaired) electrons. The summed E-state index contributed by atoms with van der Waals surface area (Å²) in [5.41, 5.74) is 0. The lowest BCUT2D eigenvalue weighted by Crippen LogP contribution is -2.13. The van der Waals surface area contributed by atoms with E-state index in [2.05, 4.69) is 27.5 Å². The number of nitrogens with one attached hydrogen (secondary N) is 1. The fourth-order valence-corrected chi connectivity index (χ4v) is 3.40. The van der Waals surface area contributed by atoms with E-state index >= 15 is 0 Å². The Morgan fingerprint density at radius 2 is 2.11 bits per heavy atom. The minimum Gasteiger partial charge on any atom is -0.311 e. The summed E-state index contributed by atoms with van der Waals surface area (Å²) in [6, 6.07) is 0. The normalized spacial score (nSPS) is 17.6. The van der Waals surface area contributed by atoms with Crippen molar-refractivity contribution in [1.29, 1.82) is 0 Å². The molecule has 3 rings (SSSR count). The SMILES string of the molecule is CCNCc1nn2c(C3CCCCC3)nnc2s1. The first-order chi connectivity index (χ1) is 8.88. The molecule has 1 N–H and O–H groups in total. The average Bonchev–Trinajstić information content (AvgIpc) is 2.96. The molecule has 0 aromatic carbocycles. The molecule has 0 bridgehead atoms. The Bertz CT molecular complexity index is 511.